The van der Waals surface area contributed by atoms with Gasteiger partial charge in [-0.05, 0) is 57.0 Å². The minimum absolute atomic E-state index is 0.140. The molecule has 0 aliphatic heterocycles. The molecule has 0 aliphatic carbocycles. The molecule has 0 radical (unpaired) electrons. The lowest BCUT2D eigenvalue weighted by atomic mass is 10.0. The standard InChI is InChI=1S/C26H30N4O6S/c1-26(2,3)36-25(32)29-23(15-19-9-7-6-8-10-19)24(31)18-30(17-20(16-27)28-4)37(33,34)22-13-11-21(35-5)12-14-22/h6-14,17,23-24,31H,15,18H2,1-3,5H3,(H,29,32)/b20-17-/t23-,24?/m0/s1. The Morgan fingerprint density at radius 1 is 1.22 bits per heavy atom. The van der Waals surface area contributed by atoms with E-state index >= 15 is 0 Å². The van der Waals surface area contributed by atoms with Crippen molar-refractivity contribution < 1.29 is 27.8 Å². The minimum atomic E-state index is -4.30. The summed E-state index contributed by atoms with van der Waals surface area (Å²) >= 11 is 0. The van der Waals surface area contributed by atoms with Gasteiger partial charge in [0.25, 0.3) is 15.7 Å². The summed E-state index contributed by atoms with van der Waals surface area (Å²) in [5, 5.41) is 23.0. The van der Waals surface area contributed by atoms with Gasteiger partial charge in [0.05, 0.1) is 43.3 Å². The van der Waals surface area contributed by atoms with E-state index in [0.717, 1.165) is 16.1 Å². The summed E-state index contributed by atoms with van der Waals surface area (Å²) < 4.78 is 38.0. The summed E-state index contributed by atoms with van der Waals surface area (Å²) in [4.78, 5) is 15.4. The van der Waals surface area contributed by atoms with Crippen molar-refractivity contribution in [1.29, 1.82) is 5.26 Å². The number of hydrogen-bond donors (Lipinski definition) is 2. The lowest BCUT2D eigenvalue weighted by molar-refractivity contribution is 0.0411. The van der Waals surface area contributed by atoms with Crippen LogP contribution >= 0.6 is 0 Å². The Morgan fingerprint density at radius 3 is 2.35 bits per heavy atom. The molecule has 196 valence electrons. The maximum absolute atomic E-state index is 13.4. The Labute approximate surface area is 217 Å². The third-order valence-electron chi connectivity index (χ3n) is 5.00. The number of alkyl carbamates (subject to hydrolysis) is 1. The number of carbonyl (C=O) groups excluding carboxylic acids is 1. The van der Waals surface area contributed by atoms with Crippen LogP contribution in [0.25, 0.3) is 4.85 Å². The van der Waals surface area contributed by atoms with Crippen LogP contribution in [0.4, 0.5) is 4.79 Å². The highest BCUT2D eigenvalue weighted by molar-refractivity contribution is 7.89. The first kappa shape index (κ1) is 29.2. The summed E-state index contributed by atoms with van der Waals surface area (Å²) in [6, 6.07) is 15.2. The topological polar surface area (TPSA) is 133 Å². The van der Waals surface area contributed by atoms with Crippen LogP contribution < -0.4 is 10.1 Å². The number of benzene rings is 2. The van der Waals surface area contributed by atoms with Gasteiger partial charge in [-0.25, -0.2) is 23.3 Å². The van der Waals surface area contributed by atoms with Crippen LogP contribution in [0.3, 0.4) is 0 Å². The van der Waals surface area contributed by atoms with E-state index in [9.17, 15) is 23.6 Å². The van der Waals surface area contributed by atoms with E-state index in [1.807, 2.05) is 6.07 Å². The molecule has 2 N–H and O–H groups in total. The number of aliphatic hydroxyl groups is 1. The van der Waals surface area contributed by atoms with Gasteiger partial charge in [0.2, 0.25) is 0 Å². The highest BCUT2D eigenvalue weighted by Gasteiger charge is 2.30. The molecule has 0 bridgehead atoms. The number of amides is 1. The fourth-order valence-electron chi connectivity index (χ4n) is 3.24. The molecule has 11 heteroatoms. The molecule has 37 heavy (non-hydrogen) atoms. The van der Waals surface area contributed by atoms with Gasteiger partial charge in [-0.2, -0.15) is 0 Å². The van der Waals surface area contributed by atoms with Crippen LogP contribution in [0.5, 0.6) is 5.75 Å². The Morgan fingerprint density at radius 2 is 1.84 bits per heavy atom. The summed E-state index contributed by atoms with van der Waals surface area (Å²) in [5.41, 5.74) is -0.513. The van der Waals surface area contributed by atoms with E-state index in [-0.39, 0.29) is 11.3 Å². The molecule has 0 saturated heterocycles. The predicted octanol–water partition coefficient (Wildman–Crippen LogP) is 3.47. The van der Waals surface area contributed by atoms with Crippen LogP contribution in [0.15, 0.2) is 71.4 Å². The van der Waals surface area contributed by atoms with Gasteiger partial charge in [0.1, 0.15) is 11.4 Å². The monoisotopic (exact) mass is 526 g/mol. The zero-order valence-electron chi connectivity index (χ0n) is 21.1. The molecule has 2 atom stereocenters. The summed E-state index contributed by atoms with van der Waals surface area (Å²) in [6.07, 6.45) is -1.20. The van der Waals surface area contributed by atoms with Crippen LogP contribution in [0.1, 0.15) is 26.3 Å². The van der Waals surface area contributed by atoms with Crippen LogP contribution in [-0.2, 0) is 21.2 Å². The van der Waals surface area contributed by atoms with Crippen molar-refractivity contribution in [2.24, 2.45) is 0 Å². The number of ether oxygens (including phenoxy) is 2. The van der Waals surface area contributed by atoms with Crippen molar-refractivity contribution in [3.05, 3.63) is 83.5 Å². The van der Waals surface area contributed by atoms with Crippen molar-refractivity contribution in [2.75, 3.05) is 13.7 Å². The largest absolute Gasteiger partial charge is 0.497 e. The highest BCUT2D eigenvalue weighted by Crippen LogP contribution is 2.22. The van der Waals surface area contributed by atoms with Gasteiger partial charge >= 0.3 is 6.09 Å². The SMILES string of the molecule is [C-]#[N+]/C(C#N)=C\N(CC(O)[C@H](Cc1ccccc1)NC(=O)OC(C)(C)C)S(=O)(=O)c1ccc(OC)cc1. The Hall–Kier alpha value is -4.06. The molecule has 0 fully saturated rings. The molecular formula is C26H30N4O6S. The zero-order valence-corrected chi connectivity index (χ0v) is 21.9. The molecule has 0 saturated carbocycles. The number of rotatable bonds is 10. The average molecular weight is 527 g/mol. The van der Waals surface area contributed by atoms with E-state index in [2.05, 4.69) is 10.2 Å². The van der Waals surface area contributed by atoms with Crippen LogP contribution in [0, 0.1) is 17.9 Å². The highest BCUT2D eigenvalue weighted by atomic mass is 32.2. The maximum Gasteiger partial charge on any atom is 0.407 e. The van der Waals surface area contributed by atoms with Gasteiger partial charge in [-0.1, -0.05) is 30.3 Å². The molecule has 0 spiro atoms. The summed E-state index contributed by atoms with van der Waals surface area (Å²) in [6.45, 7) is 11.7. The Kier molecular flexibility index (Phi) is 10.1. The van der Waals surface area contributed by atoms with E-state index in [1.54, 1.807) is 51.1 Å². The second-order valence-electron chi connectivity index (χ2n) is 9.00. The molecule has 1 amide bonds. The third kappa shape index (κ3) is 8.83. The number of nitriles is 1. The molecule has 2 aromatic rings. The van der Waals surface area contributed by atoms with Gasteiger partial charge in [0.15, 0.2) is 0 Å². The molecule has 10 nitrogen and oxygen atoms in total. The van der Waals surface area contributed by atoms with E-state index in [4.69, 9.17) is 16.0 Å². The normalized spacial score (nSPS) is 13.4. The average Bonchev–Trinajstić information content (AvgIpc) is 2.85. The second kappa shape index (κ2) is 12.8. The molecule has 0 aliphatic rings. The first-order valence-electron chi connectivity index (χ1n) is 11.3. The summed E-state index contributed by atoms with van der Waals surface area (Å²) in [7, 11) is -2.86. The van der Waals surface area contributed by atoms with Crippen LogP contribution in [-0.4, -0.2) is 55.3 Å². The Bertz CT molecular complexity index is 1260. The number of nitrogens with zero attached hydrogens (tertiary/aromatic N) is 3. The Balaban J connectivity index is 2.43. The molecule has 1 unspecified atom stereocenters. The number of methoxy groups -OCH3 is 1. The molecular weight excluding hydrogens is 496 g/mol. The first-order valence-corrected chi connectivity index (χ1v) is 12.7. The number of allylic oxidation sites excluding steroid dienone is 1. The number of hydrogen-bond acceptors (Lipinski definition) is 7. The van der Waals surface area contributed by atoms with Crippen molar-refractivity contribution >= 4 is 16.1 Å². The lowest BCUT2D eigenvalue weighted by Gasteiger charge is -2.30. The zero-order chi connectivity index (χ0) is 27.6. The van der Waals surface area contributed by atoms with Crippen LogP contribution in [0.2, 0.25) is 0 Å². The number of carbonyl (C=O) groups is 1. The van der Waals surface area contributed by atoms with Crippen molar-refractivity contribution in [3.63, 3.8) is 0 Å². The van der Waals surface area contributed by atoms with Crippen molar-refractivity contribution in [1.82, 2.24) is 9.62 Å². The van der Waals surface area contributed by atoms with Gasteiger partial charge in [-0.3, -0.25) is 4.31 Å². The van der Waals surface area contributed by atoms with Gasteiger partial charge in [0, 0.05) is 6.20 Å². The second-order valence-corrected chi connectivity index (χ2v) is 10.9. The first-order chi connectivity index (χ1) is 17.4. The minimum Gasteiger partial charge on any atom is -0.497 e. The van der Waals surface area contributed by atoms with E-state index in [1.165, 1.54) is 31.4 Å². The summed E-state index contributed by atoms with van der Waals surface area (Å²) in [5.74, 6) is 0.435. The fourth-order valence-corrected chi connectivity index (χ4v) is 4.58. The predicted molar refractivity (Wildman–Crippen MR) is 136 cm³/mol. The number of sulfonamides is 1. The van der Waals surface area contributed by atoms with Crippen molar-refractivity contribution in [3.8, 4) is 11.8 Å². The van der Waals surface area contributed by atoms with Crippen molar-refractivity contribution in [2.45, 2.75) is 49.8 Å². The number of nitrogens with one attached hydrogen (secondary N) is 1. The smallest absolute Gasteiger partial charge is 0.407 e. The fraction of sp³-hybridized carbons (Fsp3) is 0.346. The third-order valence-corrected chi connectivity index (χ3v) is 6.74. The molecule has 0 aromatic heterocycles. The number of aliphatic hydroxyl groups excluding tert-OH is 1. The van der Waals surface area contributed by atoms with Gasteiger partial charge in [-0.15, -0.1) is 0 Å². The molecule has 2 rings (SSSR count). The lowest BCUT2D eigenvalue weighted by Crippen LogP contribution is -2.50. The quantitative estimate of drug-likeness (QED) is 0.358. The molecule has 2 aromatic carbocycles. The maximum atomic E-state index is 13.4. The molecule has 0 heterocycles. The van der Waals surface area contributed by atoms with Gasteiger partial charge < -0.3 is 19.9 Å². The van der Waals surface area contributed by atoms with E-state index in [0.29, 0.717) is 5.75 Å². The van der Waals surface area contributed by atoms with E-state index < -0.39 is 46.1 Å².